The van der Waals surface area contributed by atoms with E-state index < -0.39 is 96.8 Å². The van der Waals surface area contributed by atoms with Gasteiger partial charge in [-0.05, 0) is 41.2 Å². The van der Waals surface area contributed by atoms with Crippen molar-refractivity contribution in [3.05, 3.63) is 0 Å². The number of ether oxygens (including phenoxy) is 5. The minimum atomic E-state index is -1.73. The molecule has 3 aliphatic rings. The molecule has 12 N–H and O–H groups in total. The lowest BCUT2D eigenvalue weighted by molar-refractivity contribution is -0.330. The second-order valence-electron chi connectivity index (χ2n) is 11.9. The molecule has 1 saturated carbocycles. The summed E-state index contributed by atoms with van der Waals surface area (Å²) in [6.07, 6.45) is -14.9. The van der Waals surface area contributed by atoms with E-state index in [1.54, 1.807) is 27.8 Å². The summed E-state index contributed by atoms with van der Waals surface area (Å²) in [5, 5.41) is 69.0. The number of carbonyl (C=O) groups is 1. The molecule has 1 aliphatic carbocycles. The van der Waals surface area contributed by atoms with Gasteiger partial charge in [0.2, 0.25) is 0 Å². The summed E-state index contributed by atoms with van der Waals surface area (Å²) in [7, 11) is 1.56. The highest BCUT2D eigenvalue weighted by Gasteiger charge is 2.52. The van der Waals surface area contributed by atoms with Crippen molar-refractivity contribution >= 4 is 6.09 Å². The zero-order valence-corrected chi connectivity index (χ0v) is 23.4. The molecule has 234 valence electrons. The van der Waals surface area contributed by atoms with Gasteiger partial charge in [-0.1, -0.05) is 0 Å². The van der Waals surface area contributed by atoms with Gasteiger partial charge in [0.15, 0.2) is 12.6 Å². The van der Waals surface area contributed by atoms with Crippen molar-refractivity contribution in [3.63, 3.8) is 0 Å². The Labute approximate surface area is 232 Å². The van der Waals surface area contributed by atoms with Crippen LogP contribution in [0.25, 0.3) is 0 Å². The van der Waals surface area contributed by atoms with Gasteiger partial charge in [-0.15, -0.1) is 0 Å². The number of rotatable bonds is 7. The first-order valence-electron chi connectivity index (χ1n) is 13.3. The molecule has 0 aromatic rings. The molecule has 0 spiro atoms. The molecule has 1 amide bonds. The van der Waals surface area contributed by atoms with E-state index in [-0.39, 0.29) is 19.6 Å². The molecule has 3 rings (SSSR count). The van der Waals surface area contributed by atoms with Gasteiger partial charge in [0, 0.05) is 18.6 Å². The predicted molar refractivity (Wildman–Crippen MR) is 136 cm³/mol. The molecule has 0 aromatic heterocycles. The molecule has 16 heteroatoms. The SMILES string of the molecule is CN[C@@H]1[C@@H](O)[C@@H](O[C@@H]2[C@@H](O)[C@H](O[C@H]3O[C@H](CNC(=O)OC(C)(C)C)[C@@H](O)[C@H](O)[C@H]3O)[C@@H](N)C[C@H]2N)OC[C@]1(C)O. The van der Waals surface area contributed by atoms with Crippen molar-refractivity contribution < 1.29 is 59.1 Å². The maximum Gasteiger partial charge on any atom is 0.407 e. The number of likely N-dealkylation sites (N-methyl/N-ethyl adjacent to an activating group) is 1. The van der Waals surface area contributed by atoms with E-state index >= 15 is 0 Å². The molecule has 40 heavy (non-hydrogen) atoms. The number of nitrogens with two attached hydrogens (primary N) is 2. The fraction of sp³-hybridized carbons (Fsp3) is 0.958. The second kappa shape index (κ2) is 12.9. The minimum Gasteiger partial charge on any atom is -0.444 e. The van der Waals surface area contributed by atoms with E-state index in [1.165, 1.54) is 6.92 Å². The number of nitrogens with one attached hydrogen (secondary N) is 2. The topological polar surface area (TPSA) is 261 Å². The van der Waals surface area contributed by atoms with Crippen LogP contribution in [0.15, 0.2) is 0 Å². The Balaban J connectivity index is 1.68. The Kier molecular flexibility index (Phi) is 10.8. The van der Waals surface area contributed by atoms with Gasteiger partial charge < -0.3 is 76.4 Å². The number of aliphatic hydroxyl groups excluding tert-OH is 5. The molecule has 16 nitrogen and oxygen atoms in total. The van der Waals surface area contributed by atoms with Crippen molar-refractivity contribution in [2.24, 2.45) is 11.5 Å². The summed E-state index contributed by atoms with van der Waals surface area (Å²) >= 11 is 0. The number of amides is 1. The van der Waals surface area contributed by atoms with E-state index in [0.29, 0.717) is 0 Å². The Morgan fingerprint density at radius 1 is 0.950 bits per heavy atom. The van der Waals surface area contributed by atoms with Crippen molar-refractivity contribution in [3.8, 4) is 0 Å². The minimum absolute atomic E-state index is 0.0972. The highest BCUT2D eigenvalue weighted by Crippen LogP contribution is 2.32. The van der Waals surface area contributed by atoms with Crippen LogP contribution in [0.1, 0.15) is 34.1 Å². The van der Waals surface area contributed by atoms with Crippen molar-refractivity contribution in [1.82, 2.24) is 10.6 Å². The summed E-state index contributed by atoms with van der Waals surface area (Å²) < 4.78 is 28.0. The summed E-state index contributed by atoms with van der Waals surface area (Å²) in [5.41, 5.74) is 10.3. The standard InChI is InChI=1S/C24H46N4O12/c1-23(2,3)40-22(34)28-7-11-12(29)13(30)14(31)21(37-11)39-18-10(26)6-9(25)17(15(18)32)38-20-16(33)19(27-5)24(4,35)8-36-20/h9-21,27,29-33,35H,6-8,25-26H2,1-5H3,(H,28,34)/t9-,10+,11-,12-,13+,14-,15-,16-,17+,18-,19-,20-,21-,24+/m1/s1. The van der Waals surface area contributed by atoms with Gasteiger partial charge in [-0.2, -0.15) is 0 Å². The summed E-state index contributed by atoms with van der Waals surface area (Å²) in [4.78, 5) is 12.0. The normalized spacial score (nSPS) is 46.6. The molecule has 0 radical (unpaired) electrons. The highest BCUT2D eigenvalue weighted by molar-refractivity contribution is 5.67. The fourth-order valence-electron chi connectivity index (χ4n) is 5.21. The third-order valence-corrected chi connectivity index (χ3v) is 7.30. The number of alkyl carbamates (subject to hydrolysis) is 1. The van der Waals surface area contributed by atoms with E-state index in [0.717, 1.165) is 0 Å². The van der Waals surface area contributed by atoms with Gasteiger partial charge in [0.05, 0.1) is 12.6 Å². The first-order chi connectivity index (χ1) is 18.5. The van der Waals surface area contributed by atoms with Crippen LogP contribution in [-0.2, 0) is 23.7 Å². The molecule has 2 saturated heterocycles. The molecule has 0 aromatic carbocycles. The lowest BCUT2D eigenvalue weighted by Gasteiger charge is -2.48. The van der Waals surface area contributed by atoms with E-state index in [9.17, 15) is 35.4 Å². The van der Waals surface area contributed by atoms with E-state index in [4.69, 9.17) is 35.2 Å². The average Bonchev–Trinajstić information content (AvgIpc) is 2.83. The van der Waals surface area contributed by atoms with Gasteiger partial charge in [-0.25, -0.2) is 4.79 Å². The summed E-state index contributed by atoms with van der Waals surface area (Å²) in [6.45, 7) is 6.06. The lowest BCUT2D eigenvalue weighted by Crippen LogP contribution is -2.69. The maximum atomic E-state index is 12.0. The monoisotopic (exact) mass is 582 g/mol. The first-order valence-corrected chi connectivity index (χ1v) is 13.3. The summed E-state index contributed by atoms with van der Waals surface area (Å²) in [5.74, 6) is 0. The van der Waals surface area contributed by atoms with Crippen molar-refractivity contribution in [2.45, 2.75) is 125 Å². The van der Waals surface area contributed by atoms with Crippen molar-refractivity contribution in [1.29, 1.82) is 0 Å². The van der Waals surface area contributed by atoms with E-state index in [2.05, 4.69) is 10.6 Å². The Morgan fingerprint density at radius 3 is 2.08 bits per heavy atom. The summed E-state index contributed by atoms with van der Waals surface area (Å²) in [6, 6.07) is -2.46. The van der Waals surface area contributed by atoms with Crippen LogP contribution in [0.3, 0.4) is 0 Å². The molecular formula is C24H46N4O12. The third kappa shape index (κ3) is 7.57. The third-order valence-electron chi connectivity index (χ3n) is 7.30. The van der Waals surface area contributed by atoms with Crippen LogP contribution in [0.5, 0.6) is 0 Å². The Morgan fingerprint density at radius 2 is 1.52 bits per heavy atom. The van der Waals surface area contributed by atoms with Gasteiger partial charge in [0.25, 0.3) is 0 Å². The second-order valence-corrected chi connectivity index (χ2v) is 11.9. The number of carbonyl (C=O) groups excluding carboxylic acids is 1. The van der Waals surface area contributed by atoms with Gasteiger partial charge in [-0.3, -0.25) is 0 Å². The molecule has 14 atom stereocenters. The Hall–Kier alpha value is -1.25. The van der Waals surface area contributed by atoms with Crippen LogP contribution < -0.4 is 22.1 Å². The molecule has 2 heterocycles. The average molecular weight is 583 g/mol. The smallest absolute Gasteiger partial charge is 0.407 e. The number of hydrogen-bond donors (Lipinski definition) is 10. The maximum absolute atomic E-state index is 12.0. The lowest BCUT2D eigenvalue weighted by atomic mass is 9.84. The van der Waals surface area contributed by atoms with E-state index in [1.807, 2.05) is 0 Å². The van der Waals surface area contributed by atoms with Crippen LogP contribution in [0.4, 0.5) is 4.79 Å². The highest BCUT2D eigenvalue weighted by atomic mass is 16.7. The Bertz CT molecular complexity index is 847. The molecule has 2 aliphatic heterocycles. The largest absolute Gasteiger partial charge is 0.444 e. The quantitative estimate of drug-likeness (QED) is 0.136. The number of hydrogen-bond acceptors (Lipinski definition) is 15. The van der Waals surface area contributed by atoms with Crippen LogP contribution in [0.2, 0.25) is 0 Å². The molecule has 0 unspecified atom stereocenters. The molecule has 3 fully saturated rings. The van der Waals surface area contributed by atoms with Gasteiger partial charge >= 0.3 is 6.09 Å². The number of aliphatic hydroxyl groups is 6. The van der Waals surface area contributed by atoms with Gasteiger partial charge in [0.1, 0.15) is 60.0 Å². The van der Waals surface area contributed by atoms with Crippen LogP contribution >= 0.6 is 0 Å². The predicted octanol–water partition coefficient (Wildman–Crippen LogP) is -4.44. The van der Waals surface area contributed by atoms with Crippen LogP contribution in [0, 0.1) is 0 Å². The first kappa shape index (κ1) is 33.3. The fourth-order valence-corrected chi connectivity index (χ4v) is 5.21. The zero-order valence-electron chi connectivity index (χ0n) is 23.4. The zero-order chi connectivity index (χ0) is 30.2. The molecule has 0 bridgehead atoms. The van der Waals surface area contributed by atoms with Crippen molar-refractivity contribution in [2.75, 3.05) is 20.2 Å². The molecular weight excluding hydrogens is 536 g/mol. The van der Waals surface area contributed by atoms with Crippen LogP contribution in [-0.4, -0.2) is 148 Å².